The average Bonchev–Trinajstić information content (AvgIpc) is 2.93. The van der Waals surface area contributed by atoms with Gasteiger partial charge in [-0.15, -0.1) is 0 Å². The van der Waals surface area contributed by atoms with E-state index in [4.69, 9.17) is 20.4 Å². The summed E-state index contributed by atoms with van der Waals surface area (Å²) in [7, 11) is 0. The van der Waals surface area contributed by atoms with E-state index in [9.17, 15) is 4.79 Å². The van der Waals surface area contributed by atoms with Crippen LogP contribution in [-0.4, -0.2) is 61.6 Å². The first kappa shape index (κ1) is 15.3. The number of benzene rings is 1. The molecule has 0 spiro atoms. The first-order valence-electron chi connectivity index (χ1n) is 5.58. The zero-order valence-corrected chi connectivity index (χ0v) is 10.0. The highest BCUT2D eigenvalue weighted by Crippen LogP contribution is 2.05. The molecule has 0 aliphatic heterocycles. The van der Waals surface area contributed by atoms with E-state index in [-0.39, 0.29) is 6.29 Å². The van der Waals surface area contributed by atoms with Crippen LogP contribution >= 0.6 is 0 Å². The Hall–Kier alpha value is -1.80. The lowest BCUT2D eigenvalue weighted by molar-refractivity contribution is -0.127. The van der Waals surface area contributed by atoms with Crippen LogP contribution in [0.2, 0.25) is 0 Å². The van der Waals surface area contributed by atoms with E-state index in [1.54, 1.807) is 6.33 Å². The van der Waals surface area contributed by atoms with Gasteiger partial charge in [0.2, 0.25) is 0 Å². The highest BCUT2D eigenvalue weighted by Gasteiger charge is 2.22. The molecule has 7 heteroatoms. The number of aliphatic hydroxyl groups excluding tert-OH is 4. The Labute approximate surface area is 109 Å². The molecule has 0 aliphatic rings. The number of para-hydroxylation sites is 2. The molecule has 0 bridgehead atoms. The number of aromatic nitrogens is 2. The molecule has 0 saturated heterocycles. The van der Waals surface area contributed by atoms with Gasteiger partial charge in [-0.1, -0.05) is 12.1 Å². The molecule has 19 heavy (non-hydrogen) atoms. The lowest BCUT2D eigenvalue weighted by atomic mass is 10.1. The predicted octanol–water partition coefficient (Wildman–Crippen LogP) is -1.18. The highest BCUT2D eigenvalue weighted by atomic mass is 16.4. The van der Waals surface area contributed by atoms with E-state index in [2.05, 4.69) is 9.97 Å². The molecule has 0 radical (unpaired) electrons. The number of aliphatic hydroxyl groups is 4. The van der Waals surface area contributed by atoms with Gasteiger partial charge in [-0.05, 0) is 12.1 Å². The Morgan fingerprint density at radius 2 is 1.95 bits per heavy atom. The molecular weight excluding hydrogens is 252 g/mol. The van der Waals surface area contributed by atoms with Crippen molar-refractivity contribution in [3.63, 3.8) is 0 Å². The summed E-state index contributed by atoms with van der Waals surface area (Å²) in [4.78, 5) is 16.8. The maximum Gasteiger partial charge on any atom is 0.151 e. The van der Waals surface area contributed by atoms with E-state index in [1.807, 2.05) is 24.3 Å². The second-order valence-corrected chi connectivity index (χ2v) is 3.79. The maximum atomic E-state index is 9.76. The van der Waals surface area contributed by atoms with Crippen molar-refractivity contribution in [3.8, 4) is 0 Å². The number of fused-ring (bicyclic) bond motifs is 1. The normalized spacial score (nSPS) is 15.2. The molecule has 3 atom stereocenters. The van der Waals surface area contributed by atoms with E-state index < -0.39 is 24.9 Å². The van der Waals surface area contributed by atoms with Crippen LogP contribution in [0.3, 0.4) is 0 Å². The van der Waals surface area contributed by atoms with Crippen LogP contribution in [0, 0.1) is 0 Å². The van der Waals surface area contributed by atoms with Crippen molar-refractivity contribution in [2.24, 2.45) is 0 Å². The number of imidazole rings is 1. The second kappa shape index (κ2) is 7.59. The van der Waals surface area contributed by atoms with Crippen molar-refractivity contribution in [2.45, 2.75) is 18.3 Å². The van der Waals surface area contributed by atoms with E-state index in [0.29, 0.717) is 0 Å². The zero-order valence-electron chi connectivity index (χ0n) is 10.0. The number of rotatable bonds is 4. The summed E-state index contributed by atoms with van der Waals surface area (Å²) < 4.78 is 0. The predicted molar refractivity (Wildman–Crippen MR) is 67.3 cm³/mol. The minimum Gasteiger partial charge on any atom is -0.394 e. The largest absolute Gasteiger partial charge is 0.394 e. The Morgan fingerprint density at radius 1 is 1.26 bits per heavy atom. The SMILES string of the molecule is O=C[C@H](O)[C@H](O)[C@H](O)CO.c1ccc2[nH]cnc2c1. The number of carbonyl (C=O) groups excluding carboxylic acids is 1. The van der Waals surface area contributed by atoms with Crippen molar-refractivity contribution in [3.05, 3.63) is 30.6 Å². The van der Waals surface area contributed by atoms with E-state index in [0.717, 1.165) is 11.0 Å². The molecule has 0 fully saturated rings. The Bertz CT molecular complexity index is 471. The van der Waals surface area contributed by atoms with Gasteiger partial charge in [-0.25, -0.2) is 4.98 Å². The van der Waals surface area contributed by atoms with Crippen LogP contribution in [0.25, 0.3) is 11.0 Å². The van der Waals surface area contributed by atoms with Crippen molar-refractivity contribution in [2.75, 3.05) is 6.61 Å². The van der Waals surface area contributed by atoms with Crippen molar-refractivity contribution < 1.29 is 25.2 Å². The zero-order chi connectivity index (χ0) is 14.3. The molecule has 0 saturated carbocycles. The number of hydrogen-bond acceptors (Lipinski definition) is 6. The third-order valence-electron chi connectivity index (χ3n) is 2.40. The van der Waals surface area contributed by atoms with Gasteiger partial charge < -0.3 is 30.2 Å². The first-order valence-corrected chi connectivity index (χ1v) is 5.58. The summed E-state index contributed by atoms with van der Waals surface area (Å²) >= 11 is 0. The molecule has 1 aromatic heterocycles. The number of nitrogens with one attached hydrogen (secondary N) is 1. The monoisotopic (exact) mass is 268 g/mol. The highest BCUT2D eigenvalue weighted by molar-refractivity contribution is 5.73. The molecule has 2 rings (SSSR count). The summed E-state index contributed by atoms with van der Waals surface area (Å²) in [5, 5.41) is 34.1. The quantitative estimate of drug-likeness (QED) is 0.444. The van der Waals surface area contributed by atoms with Crippen LogP contribution < -0.4 is 0 Å². The first-order chi connectivity index (χ1) is 9.10. The molecule has 5 N–H and O–H groups in total. The summed E-state index contributed by atoms with van der Waals surface area (Å²) in [6.45, 7) is -0.688. The van der Waals surface area contributed by atoms with Crippen molar-refractivity contribution >= 4 is 17.3 Å². The van der Waals surface area contributed by atoms with Gasteiger partial charge in [-0.2, -0.15) is 0 Å². The number of carbonyl (C=O) groups is 1. The van der Waals surface area contributed by atoms with Crippen molar-refractivity contribution in [1.82, 2.24) is 9.97 Å². The van der Waals surface area contributed by atoms with Crippen LogP contribution in [0.5, 0.6) is 0 Å². The number of aromatic amines is 1. The summed E-state index contributed by atoms with van der Waals surface area (Å²) in [6, 6.07) is 7.94. The molecule has 1 heterocycles. The molecule has 1 aromatic carbocycles. The number of nitrogens with zero attached hydrogens (tertiary/aromatic N) is 1. The molecule has 0 aliphatic carbocycles. The third kappa shape index (κ3) is 4.42. The van der Waals surface area contributed by atoms with Gasteiger partial charge in [0.1, 0.15) is 18.3 Å². The Morgan fingerprint density at radius 3 is 2.53 bits per heavy atom. The summed E-state index contributed by atoms with van der Waals surface area (Å²) in [5.74, 6) is 0. The number of hydrogen-bond donors (Lipinski definition) is 5. The fraction of sp³-hybridized carbons (Fsp3) is 0.333. The van der Waals surface area contributed by atoms with Gasteiger partial charge >= 0.3 is 0 Å². The molecule has 2 aromatic rings. The molecular formula is C12H16N2O5. The Balaban J connectivity index is 0.000000190. The number of H-pyrrole nitrogens is 1. The minimum atomic E-state index is -1.64. The minimum absolute atomic E-state index is 0.0869. The molecule has 0 unspecified atom stereocenters. The average molecular weight is 268 g/mol. The fourth-order valence-electron chi connectivity index (χ4n) is 1.30. The standard InChI is InChI=1S/C7H6N2.C5H10O5/c1-2-4-7-6(3-1)8-5-9-7;6-1-3(8)5(10)4(9)2-7/h1-5H,(H,8,9);1,3-5,7-10H,2H2/t;3-,4+,5-/m.0/s1. The molecule has 0 amide bonds. The third-order valence-corrected chi connectivity index (χ3v) is 2.40. The van der Waals surface area contributed by atoms with Crippen LogP contribution in [-0.2, 0) is 4.79 Å². The smallest absolute Gasteiger partial charge is 0.151 e. The van der Waals surface area contributed by atoms with Crippen molar-refractivity contribution in [1.29, 1.82) is 0 Å². The summed E-state index contributed by atoms with van der Waals surface area (Å²) in [6.07, 6.45) is -2.93. The van der Waals surface area contributed by atoms with Gasteiger partial charge in [0.15, 0.2) is 6.29 Å². The lowest BCUT2D eigenvalue weighted by Crippen LogP contribution is -2.40. The van der Waals surface area contributed by atoms with Gasteiger partial charge in [0, 0.05) is 0 Å². The van der Waals surface area contributed by atoms with E-state index >= 15 is 0 Å². The topological polar surface area (TPSA) is 127 Å². The van der Waals surface area contributed by atoms with Gasteiger partial charge in [0.25, 0.3) is 0 Å². The second-order valence-electron chi connectivity index (χ2n) is 3.79. The molecule has 104 valence electrons. The van der Waals surface area contributed by atoms with Crippen LogP contribution in [0.15, 0.2) is 30.6 Å². The fourth-order valence-corrected chi connectivity index (χ4v) is 1.30. The van der Waals surface area contributed by atoms with Crippen LogP contribution in [0.4, 0.5) is 0 Å². The van der Waals surface area contributed by atoms with Crippen LogP contribution in [0.1, 0.15) is 0 Å². The summed E-state index contributed by atoms with van der Waals surface area (Å²) in [5.41, 5.74) is 2.12. The molecule has 7 nitrogen and oxygen atoms in total. The number of aldehydes is 1. The Kier molecular flexibility index (Phi) is 6.10. The van der Waals surface area contributed by atoms with E-state index in [1.165, 1.54) is 0 Å². The van der Waals surface area contributed by atoms with Gasteiger partial charge in [0.05, 0.1) is 24.0 Å². The maximum absolute atomic E-state index is 9.76. The lowest BCUT2D eigenvalue weighted by Gasteiger charge is -2.16. The van der Waals surface area contributed by atoms with Gasteiger partial charge in [-0.3, -0.25) is 0 Å².